The lowest BCUT2D eigenvalue weighted by Gasteiger charge is -2.25. The number of furan rings is 2. The van der Waals surface area contributed by atoms with Crippen molar-refractivity contribution in [3.63, 3.8) is 0 Å². The van der Waals surface area contributed by atoms with E-state index in [1.54, 1.807) is 17.4 Å². The van der Waals surface area contributed by atoms with Crippen molar-refractivity contribution in [3.8, 4) is 0 Å². The Morgan fingerprint density at radius 2 is 1.70 bits per heavy atom. The molecule has 1 amide bonds. The molecule has 0 spiro atoms. The first kappa shape index (κ1) is 13.0. The predicted molar refractivity (Wildman–Crippen MR) is 72.4 cm³/mol. The molecule has 0 atom stereocenters. The molecule has 0 unspecified atom stereocenters. The molecule has 1 saturated carbocycles. The number of hydrogen-bond donors (Lipinski definition) is 1. The lowest BCUT2D eigenvalue weighted by Crippen LogP contribution is -2.39. The van der Waals surface area contributed by atoms with E-state index in [9.17, 15) is 4.79 Å². The number of carbonyl (C=O) groups excluding carboxylic acids is 1. The Hall–Kier alpha value is -2.01. The van der Waals surface area contributed by atoms with Gasteiger partial charge >= 0.3 is 0 Å². The van der Waals surface area contributed by atoms with Crippen LogP contribution in [0.3, 0.4) is 0 Å². The van der Waals surface area contributed by atoms with Crippen molar-refractivity contribution in [2.75, 3.05) is 6.54 Å². The fourth-order valence-electron chi connectivity index (χ4n) is 2.37. The number of nitrogens with two attached hydrogens (primary N) is 1. The Balaban J connectivity index is 1.77. The summed E-state index contributed by atoms with van der Waals surface area (Å²) in [6, 6.07) is 7.37. The summed E-state index contributed by atoms with van der Waals surface area (Å²) < 4.78 is 10.7. The van der Waals surface area contributed by atoms with E-state index < -0.39 is 0 Å². The summed E-state index contributed by atoms with van der Waals surface area (Å²) in [6.45, 7) is 1.28. The predicted octanol–water partition coefficient (Wildman–Crippen LogP) is 2.14. The normalized spacial score (nSPS) is 16.1. The lowest BCUT2D eigenvalue weighted by molar-refractivity contribution is -0.138. The zero-order chi connectivity index (χ0) is 14.0. The number of nitrogens with zero attached hydrogens (tertiary/aromatic N) is 1. The highest BCUT2D eigenvalue weighted by molar-refractivity contribution is 5.85. The van der Waals surface area contributed by atoms with Crippen molar-refractivity contribution in [3.05, 3.63) is 48.3 Å². The van der Waals surface area contributed by atoms with E-state index >= 15 is 0 Å². The molecule has 0 aromatic carbocycles. The second-order valence-corrected chi connectivity index (χ2v) is 5.30. The summed E-state index contributed by atoms with van der Waals surface area (Å²) >= 11 is 0. The summed E-state index contributed by atoms with van der Waals surface area (Å²) in [7, 11) is 0. The Labute approximate surface area is 117 Å². The Kier molecular flexibility index (Phi) is 3.36. The van der Waals surface area contributed by atoms with Crippen LogP contribution in [0.2, 0.25) is 0 Å². The van der Waals surface area contributed by atoms with Crippen LogP contribution in [0, 0.1) is 5.41 Å². The average Bonchev–Trinajstić information content (AvgIpc) is 2.87. The van der Waals surface area contributed by atoms with Crippen LogP contribution < -0.4 is 5.73 Å². The van der Waals surface area contributed by atoms with Gasteiger partial charge in [0.1, 0.15) is 11.5 Å². The minimum atomic E-state index is -0.362. The number of rotatable bonds is 6. The van der Waals surface area contributed by atoms with Crippen LogP contribution in [0.4, 0.5) is 0 Å². The van der Waals surface area contributed by atoms with Gasteiger partial charge in [0.05, 0.1) is 31.0 Å². The molecule has 0 saturated heterocycles. The molecule has 5 nitrogen and oxygen atoms in total. The molecular weight excluding hydrogens is 256 g/mol. The van der Waals surface area contributed by atoms with E-state index in [-0.39, 0.29) is 11.3 Å². The maximum absolute atomic E-state index is 12.7. The van der Waals surface area contributed by atoms with Crippen molar-refractivity contribution in [2.24, 2.45) is 11.1 Å². The fraction of sp³-hybridized carbons (Fsp3) is 0.400. The van der Waals surface area contributed by atoms with Gasteiger partial charge in [0.25, 0.3) is 0 Å². The summed E-state index contributed by atoms with van der Waals surface area (Å²) in [4.78, 5) is 14.4. The van der Waals surface area contributed by atoms with Crippen molar-refractivity contribution in [2.45, 2.75) is 25.9 Å². The second-order valence-electron chi connectivity index (χ2n) is 5.30. The molecule has 106 valence electrons. The maximum atomic E-state index is 12.7. The first-order valence-electron chi connectivity index (χ1n) is 6.78. The van der Waals surface area contributed by atoms with Gasteiger partial charge in [0.2, 0.25) is 5.91 Å². The zero-order valence-electron chi connectivity index (χ0n) is 11.2. The van der Waals surface area contributed by atoms with Gasteiger partial charge < -0.3 is 19.5 Å². The third-order valence-electron chi connectivity index (χ3n) is 3.84. The summed E-state index contributed by atoms with van der Waals surface area (Å²) in [5.74, 6) is 1.61. The van der Waals surface area contributed by atoms with Gasteiger partial charge in [-0.3, -0.25) is 4.79 Å². The van der Waals surface area contributed by atoms with E-state index in [2.05, 4.69) is 0 Å². The molecule has 0 radical (unpaired) electrons. The second kappa shape index (κ2) is 5.17. The highest BCUT2D eigenvalue weighted by atomic mass is 16.3. The fourth-order valence-corrected chi connectivity index (χ4v) is 2.37. The van der Waals surface area contributed by atoms with Crippen LogP contribution in [0.5, 0.6) is 0 Å². The first-order chi connectivity index (χ1) is 9.73. The number of hydrogen-bond acceptors (Lipinski definition) is 4. The molecular formula is C15H18N2O3. The smallest absolute Gasteiger partial charge is 0.230 e. The van der Waals surface area contributed by atoms with E-state index in [1.165, 1.54) is 0 Å². The maximum Gasteiger partial charge on any atom is 0.230 e. The van der Waals surface area contributed by atoms with Crippen LogP contribution in [0.25, 0.3) is 0 Å². The standard InChI is InChI=1S/C15H18N2O3/c16-11-15(5-6-15)14(18)17(9-12-3-1-7-19-12)10-13-4-2-8-20-13/h1-4,7-8H,5-6,9-11,16H2. The van der Waals surface area contributed by atoms with E-state index in [0.717, 1.165) is 24.4 Å². The molecule has 2 aromatic rings. The average molecular weight is 274 g/mol. The van der Waals surface area contributed by atoms with Gasteiger partial charge in [-0.2, -0.15) is 0 Å². The molecule has 20 heavy (non-hydrogen) atoms. The topological polar surface area (TPSA) is 72.6 Å². The Bertz CT molecular complexity index is 520. The van der Waals surface area contributed by atoms with Crippen LogP contribution >= 0.6 is 0 Å². The molecule has 3 rings (SSSR count). The van der Waals surface area contributed by atoms with Gasteiger partial charge in [0, 0.05) is 6.54 Å². The van der Waals surface area contributed by atoms with Gasteiger partial charge in [0.15, 0.2) is 0 Å². The summed E-state index contributed by atoms with van der Waals surface area (Å²) in [5.41, 5.74) is 5.40. The first-order valence-corrected chi connectivity index (χ1v) is 6.78. The van der Waals surface area contributed by atoms with Gasteiger partial charge in [-0.25, -0.2) is 0 Å². The summed E-state index contributed by atoms with van der Waals surface area (Å²) in [5, 5.41) is 0. The molecule has 1 aliphatic carbocycles. The zero-order valence-corrected chi connectivity index (χ0v) is 11.2. The molecule has 2 N–H and O–H groups in total. The number of carbonyl (C=O) groups is 1. The van der Waals surface area contributed by atoms with E-state index in [1.807, 2.05) is 24.3 Å². The van der Waals surface area contributed by atoms with Crippen molar-refractivity contribution >= 4 is 5.91 Å². The molecule has 2 heterocycles. The molecule has 0 bridgehead atoms. The molecule has 5 heteroatoms. The Morgan fingerprint density at radius 1 is 1.15 bits per heavy atom. The minimum Gasteiger partial charge on any atom is -0.467 e. The van der Waals surface area contributed by atoms with Crippen LogP contribution in [-0.4, -0.2) is 17.4 Å². The third-order valence-corrected chi connectivity index (χ3v) is 3.84. The minimum absolute atomic E-state index is 0.0906. The van der Waals surface area contributed by atoms with Crippen LogP contribution in [-0.2, 0) is 17.9 Å². The quantitative estimate of drug-likeness (QED) is 0.876. The van der Waals surface area contributed by atoms with Crippen LogP contribution in [0.1, 0.15) is 24.4 Å². The SMILES string of the molecule is NCC1(C(=O)N(Cc2ccco2)Cc2ccco2)CC1. The lowest BCUT2D eigenvalue weighted by atomic mass is 10.1. The molecule has 0 aliphatic heterocycles. The van der Waals surface area contributed by atoms with Gasteiger partial charge in [-0.05, 0) is 37.1 Å². The van der Waals surface area contributed by atoms with E-state index in [4.69, 9.17) is 14.6 Å². The molecule has 2 aromatic heterocycles. The van der Waals surface area contributed by atoms with Crippen molar-refractivity contribution in [1.82, 2.24) is 4.90 Å². The van der Waals surface area contributed by atoms with E-state index in [0.29, 0.717) is 19.6 Å². The van der Waals surface area contributed by atoms with Crippen molar-refractivity contribution in [1.29, 1.82) is 0 Å². The Morgan fingerprint density at radius 3 is 2.05 bits per heavy atom. The monoisotopic (exact) mass is 274 g/mol. The third kappa shape index (κ3) is 2.49. The molecule has 1 aliphatic rings. The highest BCUT2D eigenvalue weighted by Crippen LogP contribution is 2.46. The van der Waals surface area contributed by atoms with Gasteiger partial charge in [-0.15, -0.1) is 0 Å². The highest BCUT2D eigenvalue weighted by Gasteiger charge is 2.50. The number of amides is 1. The summed E-state index contributed by atoms with van der Waals surface area (Å²) in [6.07, 6.45) is 4.96. The molecule has 1 fully saturated rings. The van der Waals surface area contributed by atoms with Gasteiger partial charge in [-0.1, -0.05) is 0 Å². The largest absolute Gasteiger partial charge is 0.467 e. The van der Waals surface area contributed by atoms with Crippen molar-refractivity contribution < 1.29 is 13.6 Å². The van der Waals surface area contributed by atoms with Crippen LogP contribution in [0.15, 0.2) is 45.6 Å².